The minimum Gasteiger partial charge on any atom is -0.618 e. The Morgan fingerprint density at radius 1 is 1.35 bits per heavy atom. The first kappa shape index (κ1) is 12.7. The Kier molecular flexibility index (Phi) is 2.93. The number of nitrogens with zero attached hydrogens (tertiary/aromatic N) is 4. The molecular weight excluding hydrogens is 256 g/mol. The van der Waals surface area contributed by atoms with Crippen molar-refractivity contribution in [1.29, 1.82) is 0 Å². The molecule has 6 nitrogen and oxygen atoms in total. The van der Waals surface area contributed by atoms with Crippen LogP contribution in [0, 0.1) is 12.1 Å². The molecule has 0 aromatic carbocycles. The van der Waals surface area contributed by atoms with Gasteiger partial charge in [-0.1, -0.05) is 6.92 Å². The fraction of sp³-hybridized carbons (Fsp3) is 0.357. The lowest BCUT2D eigenvalue weighted by Gasteiger charge is -2.07. The first-order valence-corrected chi connectivity index (χ1v) is 6.60. The number of aryl methyl sites for hydroxylation is 2. The van der Waals surface area contributed by atoms with E-state index in [1.807, 2.05) is 11.3 Å². The number of hydrogen-bond acceptors (Lipinski definition) is 4. The molecule has 0 aliphatic carbocycles. The lowest BCUT2D eigenvalue weighted by atomic mass is 10.3. The van der Waals surface area contributed by atoms with E-state index < -0.39 is 0 Å². The molecule has 0 fully saturated rings. The maximum Gasteiger partial charge on any atom is 0.260 e. The Hall–Kier alpha value is -2.37. The molecule has 0 atom stereocenters. The van der Waals surface area contributed by atoms with Crippen LogP contribution in [0.25, 0.3) is 16.7 Å². The van der Waals surface area contributed by atoms with E-state index in [0.29, 0.717) is 17.0 Å². The zero-order chi connectivity index (χ0) is 14.3. The van der Waals surface area contributed by atoms with E-state index in [9.17, 15) is 5.21 Å². The summed E-state index contributed by atoms with van der Waals surface area (Å²) in [5, 5.41) is 12.1. The van der Waals surface area contributed by atoms with E-state index in [0.717, 1.165) is 34.6 Å². The number of rotatable bonds is 3. The van der Waals surface area contributed by atoms with Crippen LogP contribution < -0.4 is 9.47 Å². The summed E-state index contributed by atoms with van der Waals surface area (Å²) in [4.78, 5) is 8.97. The highest BCUT2D eigenvalue weighted by molar-refractivity contribution is 5.72. The molecule has 6 heteroatoms. The fourth-order valence-electron chi connectivity index (χ4n) is 2.44. The lowest BCUT2D eigenvalue weighted by Crippen LogP contribution is -2.28. The van der Waals surface area contributed by atoms with Gasteiger partial charge in [-0.2, -0.15) is 9.71 Å². The first-order valence-electron chi connectivity index (χ1n) is 6.60. The van der Waals surface area contributed by atoms with Gasteiger partial charge in [0.1, 0.15) is 11.3 Å². The van der Waals surface area contributed by atoms with Crippen LogP contribution in [-0.4, -0.2) is 21.5 Å². The van der Waals surface area contributed by atoms with E-state index in [1.54, 1.807) is 25.4 Å². The van der Waals surface area contributed by atoms with Crippen molar-refractivity contribution in [3.63, 3.8) is 0 Å². The van der Waals surface area contributed by atoms with E-state index in [1.165, 1.54) is 0 Å². The number of ether oxygens (including phenoxy) is 1. The van der Waals surface area contributed by atoms with Crippen molar-refractivity contribution in [3.8, 4) is 5.88 Å². The SMILES string of the molecule is CCCc1nc(C)c2c[n+]([O-])c3ccc(OC)nc3n12. The van der Waals surface area contributed by atoms with Gasteiger partial charge in [0.15, 0.2) is 0 Å². The highest BCUT2D eigenvalue weighted by atomic mass is 16.5. The second-order valence-corrected chi connectivity index (χ2v) is 4.74. The summed E-state index contributed by atoms with van der Waals surface area (Å²) >= 11 is 0. The maximum absolute atomic E-state index is 12.1. The van der Waals surface area contributed by atoms with Gasteiger partial charge in [0.05, 0.1) is 12.8 Å². The predicted molar refractivity (Wildman–Crippen MR) is 74.7 cm³/mol. The Morgan fingerprint density at radius 2 is 2.15 bits per heavy atom. The van der Waals surface area contributed by atoms with Crippen LogP contribution in [0.4, 0.5) is 0 Å². The highest BCUT2D eigenvalue weighted by Crippen LogP contribution is 2.20. The van der Waals surface area contributed by atoms with Gasteiger partial charge in [-0.3, -0.25) is 4.40 Å². The number of fused-ring (bicyclic) bond motifs is 3. The van der Waals surface area contributed by atoms with Crippen LogP contribution in [0.1, 0.15) is 24.9 Å². The van der Waals surface area contributed by atoms with Gasteiger partial charge in [-0.15, -0.1) is 0 Å². The summed E-state index contributed by atoms with van der Waals surface area (Å²) in [6.45, 7) is 4.00. The van der Waals surface area contributed by atoms with Crippen LogP contribution in [0.5, 0.6) is 5.88 Å². The van der Waals surface area contributed by atoms with Crippen molar-refractivity contribution < 1.29 is 9.47 Å². The molecular formula is C14H16N4O2. The molecule has 3 aromatic rings. The summed E-state index contributed by atoms with van der Waals surface area (Å²) < 4.78 is 7.95. The molecule has 0 spiro atoms. The summed E-state index contributed by atoms with van der Waals surface area (Å²) in [6.07, 6.45) is 3.38. The Balaban J connectivity index is 2.47. The van der Waals surface area contributed by atoms with Crippen LogP contribution in [0.2, 0.25) is 0 Å². The molecule has 104 valence electrons. The van der Waals surface area contributed by atoms with Gasteiger partial charge in [0.25, 0.3) is 5.52 Å². The van der Waals surface area contributed by atoms with Crippen LogP contribution in [-0.2, 0) is 6.42 Å². The molecule has 0 aliphatic rings. The summed E-state index contributed by atoms with van der Waals surface area (Å²) in [6, 6.07) is 3.41. The molecule has 0 radical (unpaired) electrons. The van der Waals surface area contributed by atoms with Crippen LogP contribution in [0.3, 0.4) is 0 Å². The maximum atomic E-state index is 12.1. The lowest BCUT2D eigenvalue weighted by molar-refractivity contribution is -0.576. The number of imidazole rings is 1. The smallest absolute Gasteiger partial charge is 0.260 e. The molecule has 0 N–H and O–H groups in total. The first-order chi connectivity index (χ1) is 9.65. The van der Waals surface area contributed by atoms with Gasteiger partial charge in [0, 0.05) is 18.6 Å². The molecule has 0 amide bonds. The van der Waals surface area contributed by atoms with Gasteiger partial charge >= 0.3 is 0 Å². The van der Waals surface area contributed by atoms with Crippen LogP contribution >= 0.6 is 0 Å². The standard InChI is InChI=1S/C14H16N4O2/c1-4-5-12-15-9(2)11-8-17(19)10-6-7-13(20-3)16-14(10)18(11)12/h6-8H,4-5H2,1-3H3. The van der Waals surface area contributed by atoms with E-state index >= 15 is 0 Å². The summed E-state index contributed by atoms with van der Waals surface area (Å²) in [7, 11) is 1.56. The van der Waals surface area contributed by atoms with Crippen molar-refractivity contribution in [3.05, 3.63) is 35.1 Å². The minimum atomic E-state index is 0.485. The molecule has 0 saturated heterocycles. The molecule has 3 aromatic heterocycles. The average Bonchev–Trinajstić information content (AvgIpc) is 2.75. The van der Waals surface area contributed by atoms with Crippen molar-refractivity contribution >= 4 is 16.7 Å². The predicted octanol–water partition coefficient (Wildman–Crippen LogP) is 1.79. The Morgan fingerprint density at radius 3 is 2.85 bits per heavy atom. The third kappa shape index (κ3) is 1.76. The second-order valence-electron chi connectivity index (χ2n) is 4.74. The molecule has 20 heavy (non-hydrogen) atoms. The molecule has 0 aliphatic heterocycles. The topological polar surface area (TPSA) is 66.4 Å². The van der Waals surface area contributed by atoms with E-state index in [2.05, 4.69) is 16.9 Å². The largest absolute Gasteiger partial charge is 0.618 e. The van der Waals surface area contributed by atoms with Crippen molar-refractivity contribution in [2.24, 2.45) is 0 Å². The molecule has 0 saturated carbocycles. The molecule has 3 rings (SSSR count). The van der Waals surface area contributed by atoms with E-state index in [4.69, 9.17) is 4.74 Å². The zero-order valence-electron chi connectivity index (χ0n) is 11.8. The zero-order valence-corrected chi connectivity index (χ0v) is 11.8. The molecule has 0 bridgehead atoms. The van der Waals surface area contributed by atoms with Crippen molar-refractivity contribution in [2.75, 3.05) is 7.11 Å². The Bertz CT molecular complexity index is 795. The van der Waals surface area contributed by atoms with Gasteiger partial charge < -0.3 is 9.94 Å². The van der Waals surface area contributed by atoms with Gasteiger partial charge in [-0.05, 0) is 13.3 Å². The van der Waals surface area contributed by atoms with Crippen molar-refractivity contribution in [1.82, 2.24) is 14.4 Å². The fourth-order valence-corrected chi connectivity index (χ4v) is 2.44. The second kappa shape index (κ2) is 4.63. The quantitative estimate of drug-likeness (QED) is 0.538. The monoisotopic (exact) mass is 272 g/mol. The summed E-state index contributed by atoms with van der Waals surface area (Å²) in [5.41, 5.74) is 2.72. The van der Waals surface area contributed by atoms with Gasteiger partial charge in [-0.25, -0.2) is 4.98 Å². The highest BCUT2D eigenvalue weighted by Gasteiger charge is 2.18. The Labute approximate surface area is 116 Å². The number of hydrogen-bond donors (Lipinski definition) is 0. The molecule has 0 unspecified atom stereocenters. The number of aromatic nitrogens is 4. The minimum absolute atomic E-state index is 0.485. The third-order valence-electron chi connectivity index (χ3n) is 3.37. The normalized spacial score (nSPS) is 11.3. The number of methoxy groups -OCH3 is 1. The van der Waals surface area contributed by atoms with Crippen molar-refractivity contribution in [2.45, 2.75) is 26.7 Å². The summed E-state index contributed by atoms with van der Waals surface area (Å²) in [5.74, 6) is 1.41. The van der Waals surface area contributed by atoms with Gasteiger partial charge in [0.2, 0.25) is 17.7 Å². The average molecular weight is 272 g/mol. The van der Waals surface area contributed by atoms with Crippen LogP contribution in [0.15, 0.2) is 18.3 Å². The third-order valence-corrected chi connectivity index (χ3v) is 3.37. The number of pyridine rings is 1. The molecule has 3 heterocycles. The van der Waals surface area contributed by atoms with E-state index in [-0.39, 0.29) is 0 Å².